The van der Waals surface area contributed by atoms with E-state index in [-0.39, 0.29) is 118 Å². The van der Waals surface area contributed by atoms with E-state index >= 15 is 4.39 Å². The van der Waals surface area contributed by atoms with Crippen LogP contribution in [0, 0.1) is 18.2 Å². The van der Waals surface area contributed by atoms with Crippen molar-refractivity contribution in [3.8, 4) is 27.3 Å². The Morgan fingerprint density at radius 1 is 0.894 bits per heavy atom. The third kappa shape index (κ3) is 16.7. The number of rotatable bonds is 27. The van der Waals surface area contributed by atoms with E-state index < -0.39 is 47.1 Å². The van der Waals surface area contributed by atoms with Gasteiger partial charge in [0.1, 0.15) is 35.8 Å². The van der Waals surface area contributed by atoms with Crippen molar-refractivity contribution in [2.24, 2.45) is 5.41 Å². The topological polar surface area (TPSA) is 250 Å². The quantitative estimate of drug-likeness (QED) is 0.0342. The highest BCUT2D eigenvalue weighted by Gasteiger charge is 2.44. The molecule has 2 aliphatic heterocycles. The Morgan fingerprint density at radius 2 is 1.58 bits per heavy atom. The Morgan fingerprint density at radius 3 is 2.25 bits per heavy atom. The zero-order valence-corrected chi connectivity index (χ0v) is 50.5. The molecule has 0 aliphatic carbocycles. The number of nitrogens with zero attached hydrogens (tertiary/aromatic N) is 7. The predicted molar refractivity (Wildman–Crippen MR) is 324 cm³/mol. The van der Waals surface area contributed by atoms with Crippen LogP contribution in [-0.2, 0) is 49.5 Å². The number of carbonyl (C=O) groups excluding carboxylic acids is 5. The van der Waals surface area contributed by atoms with Gasteiger partial charge in [-0.25, -0.2) is 14.4 Å². The predicted octanol–water partition coefficient (Wildman–Crippen LogP) is 6.57. The third-order valence-corrected chi connectivity index (χ3v) is 16.2. The van der Waals surface area contributed by atoms with Crippen LogP contribution in [-0.4, -0.2) is 193 Å². The minimum absolute atomic E-state index is 0.00831. The fourth-order valence-electron chi connectivity index (χ4n) is 10.2. The maximum absolute atomic E-state index is 17.0. The van der Waals surface area contributed by atoms with E-state index in [4.69, 9.17) is 35.5 Å². The van der Waals surface area contributed by atoms with Crippen LogP contribution in [0.15, 0.2) is 72.2 Å². The number of ether oxygens (including phenoxy) is 4. The molecule has 0 radical (unpaired) electrons. The molecule has 0 bridgehead atoms. The molecule has 4 aromatic carbocycles. The number of anilines is 2. The Kier molecular flexibility index (Phi) is 22.4. The van der Waals surface area contributed by atoms with Gasteiger partial charge in [-0.05, 0) is 58.0 Å². The number of piperazine rings is 1. The van der Waals surface area contributed by atoms with Gasteiger partial charge in [0.05, 0.1) is 73.5 Å². The van der Waals surface area contributed by atoms with Crippen LogP contribution in [0.2, 0.25) is 5.02 Å². The fourth-order valence-corrected chi connectivity index (χ4v) is 11.4. The van der Waals surface area contributed by atoms with Gasteiger partial charge in [0.25, 0.3) is 0 Å². The Balaban J connectivity index is 0.711. The number of phenolic OH excluding ortho intramolecular Hbond substituents is 1. The number of aromatic nitrogens is 3. The molecule has 0 saturated carbocycles. The van der Waals surface area contributed by atoms with Gasteiger partial charge in [-0.3, -0.25) is 24.0 Å². The summed E-state index contributed by atoms with van der Waals surface area (Å²) in [6, 6.07) is 17.9. The van der Waals surface area contributed by atoms with E-state index in [2.05, 4.69) is 25.9 Å². The number of fused-ring (bicyclic) bond motifs is 2. The molecular formula is C61H76ClFN10O11S. The molecule has 3 atom stereocenters. The van der Waals surface area contributed by atoms with Crippen molar-refractivity contribution < 1.29 is 57.5 Å². The van der Waals surface area contributed by atoms with E-state index in [1.807, 2.05) is 88.0 Å². The average molecular weight is 1210 g/mol. The summed E-state index contributed by atoms with van der Waals surface area (Å²) in [6.07, 6.45) is -0.352. The number of likely N-dealkylation sites (N-methyl/N-ethyl adjacent to an activating group) is 1. The van der Waals surface area contributed by atoms with Crippen LogP contribution >= 0.6 is 22.9 Å². The summed E-state index contributed by atoms with van der Waals surface area (Å²) in [7, 11) is 1.67. The number of amides is 5. The summed E-state index contributed by atoms with van der Waals surface area (Å²) >= 11 is 8.45. The minimum atomic E-state index is -0.998. The second-order valence-corrected chi connectivity index (χ2v) is 23.3. The summed E-state index contributed by atoms with van der Waals surface area (Å²) in [5.74, 6) is -1.69. The van der Waals surface area contributed by atoms with Crippen molar-refractivity contribution in [1.82, 2.24) is 40.3 Å². The normalized spacial score (nSPS) is 15.8. The van der Waals surface area contributed by atoms with Gasteiger partial charge >= 0.3 is 0 Å². The standard InChI is InChI=1S/C61H76ClFN10O11S/c1-7-50(77)71-18-20-72(21-19-71)57-46-33-47(62)52(45-31-42(74)30-41-10-8-9-11-44(41)45)53(63)54(46)68-60(69-57)64-17-16-51(78)70(6)22-23-81-24-25-82-26-27-83-28-29-84-36-49(76)67-56(61(3,4)5)59(80)73-35-43(75)32-48(73)58(79)65-34-39-12-14-40(15-13-39)55-38(2)66-37-85-55/h8-15,30-31,33,37,43,48,56,74-75H,7,16-29,32,34-36H2,1-6H3,(H,65,79)(H,67,76)(H,64,68,69)/t43-,48+,56-/m1/s1. The van der Waals surface area contributed by atoms with Crippen LogP contribution in [0.3, 0.4) is 0 Å². The Labute approximate surface area is 503 Å². The number of aliphatic hydroxyl groups excluding tert-OH is 1. The second kappa shape index (κ2) is 29.8. The number of aliphatic hydroxyl groups is 1. The highest BCUT2D eigenvalue weighted by molar-refractivity contribution is 7.13. The van der Waals surface area contributed by atoms with E-state index in [1.165, 1.54) is 11.0 Å². The molecule has 0 spiro atoms. The number of hydrogen-bond acceptors (Lipinski definition) is 17. The van der Waals surface area contributed by atoms with Gasteiger partial charge in [0.15, 0.2) is 5.82 Å². The number of carbonyl (C=O) groups is 5. The number of aromatic hydroxyl groups is 1. The number of hydrogen-bond donors (Lipinski definition) is 5. The first-order valence-corrected chi connectivity index (χ1v) is 29.8. The smallest absolute Gasteiger partial charge is 0.246 e. The van der Waals surface area contributed by atoms with Crippen LogP contribution in [0.25, 0.3) is 43.2 Å². The molecule has 6 aromatic rings. The molecule has 456 valence electrons. The lowest BCUT2D eigenvalue weighted by Gasteiger charge is -2.36. The van der Waals surface area contributed by atoms with Gasteiger partial charge in [0.2, 0.25) is 35.5 Å². The zero-order valence-electron chi connectivity index (χ0n) is 49.0. The third-order valence-electron chi connectivity index (χ3n) is 14.9. The average Bonchev–Trinajstić information content (AvgIpc) is 2.36. The number of phenols is 1. The van der Waals surface area contributed by atoms with Crippen LogP contribution < -0.4 is 20.9 Å². The lowest BCUT2D eigenvalue weighted by molar-refractivity contribution is -0.144. The number of nitrogens with one attached hydrogen (secondary N) is 3. The van der Waals surface area contributed by atoms with E-state index in [1.54, 1.807) is 45.8 Å². The summed E-state index contributed by atoms with van der Waals surface area (Å²) in [4.78, 5) is 87.6. The van der Waals surface area contributed by atoms with Gasteiger partial charge in [-0.1, -0.05) is 87.8 Å². The van der Waals surface area contributed by atoms with Crippen LogP contribution in [0.4, 0.5) is 16.2 Å². The highest BCUT2D eigenvalue weighted by atomic mass is 35.5. The molecule has 8 rings (SSSR count). The lowest BCUT2D eigenvalue weighted by atomic mass is 9.85. The monoisotopic (exact) mass is 1210 g/mol. The first kappa shape index (κ1) is 63.9. The number of benzene rings is 4. The first-order chi connectivity index (χ1) is 40.8. The summed E-state index contributed by atoms with van der Waals surface area (Å²) in [5, 5.41) is 31.9. The molecular weight excluding hydrogens is 1140 g/mol. The molecule has 5 N–H and O–H groups in total. The van der Waals surface area contributed by atoms with E-state index in [0.29, 0.717) is 73.3 Å². The Bertz CT molecular complexity index is 3300. The summed E-state index contributed by atoms with van der Waals surface area (Å²) < 4.78 is 39.4. The number of aryl methyl sites for hydroxylation is 1. The van der Waals surface area contributed by atoms with Crippen LogP contribution in [0.1, 0.15) is 58.2 Å². The number of thiazole rings is 1. The molecule has 0 unspecified atom stereocenters. The summed E-state index contributed by atoms with van der Waals surface area (Å²) in [6.45, 7) is 13.1. The van der Waals surface area contributed by atoms with Crippen molar-refractivity contribution in [3.05, 3.63) is 94.3 Å². The van der Waals surface area contributed by atoms with Gasteiger partial charge in [-0.15, -0.1) is 11.3 Å². The fraction of sp³-hybridized carbons (Fsp3) is 0.475. The highest BCUT2D eigenvalue weighted by Crippen LogP contribution is 2.42. The lowest BCUT2D eigenvalue weighted by Crippen LogP contribution is -2.58. The van der Waals surface area contributed by atoms with Gasteiger partial charge in [0, 0.05) is 89.6 Å². The maximum Gasteiger partial charge on any atom is 0.246 e. The Hall–Kier alpha value is -7.12. The largest absolute Gasteiger partial charge is 0.508 e. The molecule has 4 heterocycles. The molecule has 21 nitrogen and oxygen atoms in total. The van der Waals surface area contributed by atoms with E-state index in [0.717, 1.165) is 21.7 Å². The molecule has 5 amide bonds. The van der Waals surface area contributed by atoms with Crippen molar-refractivity contribution in [2.75, 3.05) is 116 Å². The van der Waals surface area contributed by atoms with E-state index in [9.17, 15) is 34.2 Å². The number of β-amino-alcohol motifs (C(OH)–C–C–N with tert-alkyl or cyclic N) is 1. The molecule has 24 heteroatoms. The zero-order chi connectivity index (χ0) is 60.8. The van der Waals surface area contributed by atoms with Gasteiger partial charge < -0.3 is 64.7 Å². The molecule has 2 aliphatic rings. The minimum Gasteiger partial charge on any atom is -0.508 e. The molecule has 2 saturated heterocycles. The second-order valence-electron chi connectivity index (χ2n) is 22.1. The SMILES string of the molecule is CCC(=O)N1CCN(c2nc(NCCC(=O)N(C)CCOCCOCCOCCOCC(=O)N[C@H](C(=O)N3C[C@H](O)C[C@H]3C(=O)NCc3ccc(-c4scnc4C)cc3)C(C)(C)C)nc3c(F)c(-c4cc(O)cc5ccccc45)c(Cl)cc23)CC1. The maximum atomic E-state index is 17.0. The molecule has 2 fully saturated rings. The number of halogens is 2. The van der Waals surface area contributed by atoms with Crippen molar-refractivity contribution >= 4 is 85.9 Å². The number of likely N-dealkylation sites (tertiary alicyclic amines) is 1. The molecule has 85 heavy (non-hydrogen) atoms. The van der Waals surface area contributed by atoms with Crippen molar-refractivity contribution in [1.29, 1.82) is 0 Å². The van der Waals surface area contributed by atoms with Gasteiger partial charge in [-0.2, -0.15) is 4.98 Å². The summed E-state index contributed by atoms with van der Waals surface area (Å²) in [5.41, 5.74) is 4.43. The van der Waals surface area contributed by atoms with Crippen molar-refractivity contribution in [2.45, 2.75) is 78.6 Å². The first-order valence-electron chi connectivity index (χ1n) is 28.6. The van der Waals surface area contributed by atoms with Crippen LogP contribution in [0.5, 0.6) is 5.75 Å². The van der Waals surface area contributed by atoms with Crippen molar-refractivity contribution in [3.63, 3.8) is 0 Å². The molecule has 2 aromatic heterocycles.